The molecule has 1 aromatic heterocycles. The zero-order chi connectivity index (χ0) is 16.8. The van der Waals surface area contributed by atoms with Gasteiger partial charge in [0.1, 0.15) is 11.4 Å². The summed E-state index contributed by atoms with van der Waals surface area (Å²) in [4.78, 5) is 27.2. The van der Waals surface area contributed by atoms with E-state index < -0.39 is 12.0 Å². The summed E-state index contributed by atoms with van der Waals surface area (Å²) in [6.45, 7) is 1.51. The van der Waals surface area contributed by atoms with Crippen molar-refractivity contribution in [2.45, 2.75) is 25.3 Å². The number of nitrogens with zero attached hydrogens (tertiary/aromatic N) is 2. The van der Waals surface area contributed by atoms with E-state index in [2.05, 4.69) is 4.98 Å². The molecule has 1 heterocycles. The molecule has 0 fully saturated rings. The Kier molecular flexibility index (Phi) is 5.41. The summed E-state index contributed by atoms with van der Waals surface area (Å²) in [5.74, 6) is -0.0668. The zero-order valence-corrected chi connectivity index (χ0v) is 13.0. The first-order valence-electron chi connectivity index (χ1n) is 7.24. The summed E-state index contributed by atoms with van der Waals surface area (Å²) in [5.41, 5.74) is 1.06. The van der Waals surface area contributed by atoms with Crippen LogP contribution in [-0.2, 0) is 0 Å². The van der Waals surface area contributed by atoms with Crippen LogP contribution in [0.3, 0.4) is 0 Å². The Morgan fingerprint density at radius 3 is 2.48 bits per heavy atom. The molecule has 1 aromatic carbocycles. The number of rotatable bonds is 7. The van der Waals surface area contributed by atoms with Gasteiger partial charge in [-0.25, -0.2) is 0 Å². The molecule has 2 atom stereocenters. The first-order valence-corrected chi connectivity index (χ1v) is 7.24. The molecule has 0 saturated carbocycles. The molecule has 0 saturated heterocycles. The van der Waals surface area contributed by atoms with Gasteiger partial charge in [0.2, 0.25) is 6.04 Å². The molecule has 2 rings (SSSR count). The number of hydrogen-bond donors (Lipinski definition) is 0. The van der Waals surface area contributed by atoms with E-state index >= 15 is 0 Å². The second-order valence-corrected chi connectivity index (χ2v) is 5.25. The minimum atomic E-state index is -0.879. The second-order valence-electron chi connectivity index (χ2n) is 5.25. The predicted molar refractivity (Wildman–Crippen MR) is 85.4 cm³/mol. The fourth-order valence-corrected chi connectivity index (χ4v) is 2.40. The van der Waals surface area contributed by atoms with E-state index in [0.29, 0.717) is 11.4 Å². The first-order chi connectivity index (χ1) is 11.0. The van der Waals surface area contributed by atoms with Crippen molar-refractivity contribution in [3.63, 3.8) is 0 Å². The number of aromatic nitrogens is 1. The Hall–Kier alpha value is -2.76. The van der Waals surface area contributed by atoms with Crippen LogP contribution in [0.2, 0.25) is 0 Å². The van der Waals surface area contributed by atoms with Crippen LogP contribution in [0.4, 0.5) is 0 Å². The number of pyridine rings is 1. The quantitative estimate of drug-likeness (QED) is 0.445. The summed E-state index contributed by atoms with van der Waals surface area (Å²) < 4.78 is 5.10. The molecule has 0 aliphatic rings. The second kappa shape index (κ2) is 7.49. The fourth-order valence-electron chi connectivity index (χ4n) is 2.40. The van der Waals surface area contributed by atoms with E-state index in [-0.39, 0.29) is 17.1 Å². The van der Waals surface area contributed by atoms with E-state index in [1.165, 1.54) is 13.1 Å². The SMILES string of the molecule is COc1ccc([C@H](CC(=O)c2ccccn2)[C@@H](C)[N+](=O)[O-])cc1. The van der Waals surface area contributed by atoms with Gasteiger partial charge in [0.05, 0.1) is 13.0 Å². The standard InChI is InChI=1S/C17H18N2O4/c1-12(19(21)22)15(13-6-8-14(23-2)9-7-13)11-17(20)16-5-3-4-10-18-16/h3-10,12,15H,11H2,1-2H3/t12-,15-/m1/s1. The molecule has 23 heavy (non-hydrogen) atoms. The molecule has 6 nitrogen and oxygen atoms in total. The lowest BCUT2D eigenvalue weighted by Crippen LogP contribution is -2.26. The maximum absolute atomic E-state index is 12.4. The van der Waals surface area contributed by atoms with Gasteiger partial charge in [-0.05, 0) is 29.8 Å². The highest BCUT2D eigenvalue weighted by molar-refractivity contribution is 5.94. The summed E-state index contributed by atoms with van der Waals surface area (Å²) in [6, 6.07) is 11.2. The average Bonchev–Trinajstić information content (AvgIpc) is 2.59. The average molecular weight is 314 g/mol. The third-order valence-corrected chi connectivity index (χ3v) is 3.81. The Labute approximate surface area is 134 Å². The van der Waals surface area contributed by atoms with Crippen LogP contribution in [-0.4, -0.2) is 28.8 Å². The molecule has 0 spiro atoms. The minimum Gasteiger partial charge on any atom is -0.497 e. The molecular weight excluding hydrogens is 296 g/mol. The normalized spacial score (nSPS) is 13.1. The first kappa shape index (κ1) is 16.6. The van der Waals surface area contributed by atoms with Crippen LogP contribution in [0, 0.1) is 10.1 Å². The molecule has 0 unspecified atom stereocenters. The minimum absolute atomic E-state index is 0.0332. The summed E-state index contributed by atoms with van der Waals surface area (Å²) >= 11 is 0. The number of benzene rings is 1. The largest absolute Gasteiger partial charge is 0.497 e. The number of carbonyl (C=O) groups is 1. The van der Waals surface area contributed by atoms with E-state index in [0.717, 1.165) is 5.56 Å². The van der Waals surface area contributed by atoms with Crippen LogP contribution in [0.1, 0.15) is 35.3 Å². The van der Waals surface area contributed by atoms with E-state index in [9.17, 15) is 14.9 Å². The maximum atomic E-state index is 12.4. The van der Waals surface area contributed by atoms with E-state index in [4.69, 9.17) is 4.74 Å². The lowest BCUT2D eigenvalue weighted by molar-refractivity contribution is -0.522. The molecule has 0 aliphatic heterocycles. The van der Waals surface area contributed by atoms with E-state index in [1.807, 2.05) is 0 Å². The molecule has 0 radical (unpaired) electrons. The van der Waals surface area contributed by atoms with Gasteiger partial charge in [-0.2, -0.15) is 0 Å². The molecule has 2 aromatic rings. The molecule has 0 amide bonds. The van der Waals surface area contributed by atoms with Crippen molar-refractivity contribution in [1.82, 2.24) is 4.98 Å². The molecule has 0 N–H and O–H groups in total. The van der Waals surface area contributed by atoms with Crippen LogP contribution in [0.25, 0.3) is 0 Å². The van der Waals surface area contributed by atoms with Gasteiger partial charge >= 0.3 is 0 Å². The van der Waals surface area contributed by atoms with Gasteiger partial charge in [-0.1, -0.05) is 18.2 Å². The van der Waals surface area contributed by atoms with Gasteiger partial charge in [0.15, 0.2) is 5.78 Å². The lowest BCUT2D eigenvalue weighted by Gasteiger charge is -2.18. The van der Waals surface area contributed by atoms with Gasteiger partial charge in [-0.3, -0.25) is 19.9 Å². The highest BCUT2D eigenvalue weighted by Crippen LogP contribution is 2.28. The third kappa shape index (κ3) is 4.12. The number of ketones is 1. The summed E-state index contributed by atoms with van der Waals surface area (Å²) in [6.07, 6.45) is 1.57. The molecule has 120 valence electrons. The summed E-state index contributed by atoms with van der Waals surface area (Å²) in [7, 11) is 1.55. The zero-order valence-electron chi connectivity index (χ0n) is 13.0. The lowest BCUT2D eigenvalue weighted by atomic mass is 9.87. The number of methoxy groups -OCH3 is 1. The van der Waals surface area contributed by atoms with Gasteiger partial charge < -0.3 is 4.74 Å². The Bertz CT molecular complexity index is 671. The van der Waals surface area contributed by atoms with Gasteiger partial charge in [-0.15, -0.1) is 0 Å². The highest BCUT2D eigenvalue weighted by atomic mass is 16.6. The Morgan fingerprint density at radius 1 is 1.26 bits per heavy atom. The van der Waals surface area contributed by atoms with Crippen molar-refractivity contribution in [3.8, 4) is 5.75 Å². The van der Waals surface area contributed by atoms with Crippen LogP contribution in [0.15, 0.2) is 48.7 Å². The number of Topliss-reactive ketones (excluding diaryl/α,β-unsaturated/α-hetero) is 1. The fraction of sp³-hybridized carbons (Fsp3) is 0.294. The number of hydrogen-bond acceptors (Lipinski definition) is 5. The van der Waals surface area contributed by atoms with Crippen molar-refractivity contribution >= 4 is 5.78 Å². The number of ether oxygens (including phenoxy) is 1. The molecule has 6 heteroatoms. The van der Waals surface area contributed by atoms with Gasteiger partial charge in [0, 0.05) is 24.5 Å². The Balaban J connectivity index is 2.27. The highest BCUT2D eigenvalue weighted by Gasteiger charge is 2.31. The van der Waals surface area contributed by atoms with Crippen molar-refractivity contribution in [3.05, 3.63) is 70.0 Å². The van der Waals surface area contributed by atoms with E-state index in [1.54, 1.807) is 49.6 Å². The Morgan fingerprint density at radius 2 is 1.96 bits per heavy atom. The third-order valence-electron chi connectivity index (χ3n) is 3.81. The topological polar surface area (TPSA) is 82.3 Å². The molecular formula is C17H18N2O4. The van der Waals surface area contributed by atoms with Crippen LogP contribution < -0.4 is 4.74 Å². The maximum Gasteiger partial charge on any atom is 0.217 e. The number of nitro groups is 1. The van der Waals surface area contributed by atoms with Crippen LogP contribution >= 0.6 is 0 Å². The molecule has 0 bridgehead atoms. The van der Waals surface area contributed by atoms with Crippen molar-refractivity contribution in [1.29, 1.82) is 0 Å². The molecule has 0 aliphatic carbocycles. The van der Waals surface area contributed by atoms with Crippen molar-refractivity contribution in [2.24, 2.45) is 0 Å². The van der Waals surface area contributed by atoms with Gasteiger partial charge in [0.25, 0.3) is 0 Å². The predicted octanol–water partition coefficient (Wildman–Crippen LogP) is 3.11. The smallest absolute Gasteiger partial charge is 0.217 e. The van der Waals surface area contributed by atoms with Crippen molar-refractivity contribution in [2.75, 3.05) is 7.11 Å². The van der Waals surface area contributed by atoms with Crippen LogP contribution in [0.5, 0.6) is 5.75 Å². The monoisotopic (exact) mass is 314 g/mol. The number of carbonyl (C=O) groups excluding carboxylic acids is 1. The van der Waals surface area contributed by atoms with Crippen molar-refractivity contribution < 1.29 is 14.5 Å². The summed E-state index contributed by atoms with van der Waals surface area (Å²) in [5, 5.41) is 11.2.